The minimum absolute atomic E-state index is 0.229. The molecule has 0 radical (unpaired) electrons. The van der Waals surface area contributed by atoms with Crippen LogP contribution in [0.2, 0.25) is 0 Å². The summed E-state index contributed by atoms with van der Waals surface area (Å²) in [6.07, 6.45) is 0.563. The molecule has 0 spiro atoms. The van der Waals surface area contributed by atoms with Gasteiger partial charge in [-0.15, -0.1) is 11.8 Å². The summed E-state index contributed by atoms with van der Waals surface area (Å²) in [4.78, 5) is 4.05. The predicted octanol–water partition coefficient (Wildman–Crippen LogP) is 3.06. The van der Waals surface area contributed by atoms with Crippen molar-refractivity contribution in [1.29, 1.82) is 5.26 Å². The maximum Gasteiger partial charge on any atom is 0.159 e. The Morgan fingerprint density at radius 1 is 1.25 bits per heavy atom. The molecule has 3 nitrogen and oxygen atoms in total. The van der Waals surface area contributed by atoms with Crippen molar-refractivity contribution in [1.82, 2.24) is 4.98 Å². The van der Waals surface area contributed by atoms with E-state index in [-0.39, 0.29) is 5.75 Å². The van der Waals surface area contributed by atoms with E-state index in [9.17, 15) is 13.9 Å². The van der Waals surface area contributed by atoms with E-state index in [1.54, 1.807) is 12.1 Å². The fraction of sp³-hybridized carbons (Fsp3) is 0.143. The van der Waals surface area contributed by atoms with Crippen molar-refractivity contribution in [2.75, 3.05) is 5.75 Å². The molecule has 2 rings (SSSR count). The third kappa shape index (κ3) is 3.53. The van der Waals surface area contributed by atoms with Crippen LogP contribution in [0.1, 0.15) is 17.2 Å². The lowest BCUT2D eigenvalue weighted by Gasteiger charge is -2.10. The van der Waals surface area contributed by atoms with Gasteiger partial charge in [-0.25, -0.2) is 13.8 Å². The summed E-state index contributed by atoms with van der Waals surface area (Å²) in [6.45, 7) is 0. The summed E-state index contributed by atoms with van der Waals surface area (Å²) < 4.78 is 25.9. The molecule has 0 saturated heterocycles. The lowest BCUT2D eigenvalue weighted by molar-refractivity contribution is 0.203. The molecule has 1 unspecified atom stereocenters. The molecular formula is C14H10F2N2OS. The highest BCUT2D eigenvalue weighted by atomic mass is 32.2. The Morgan fingerprint density at radius 3 is 2.75 bits per heavy atom. The molecule has 1 N–H and O–H groups in total. The van der Waals surface area contributed by atoms with Crippen molar-refractivity contribution in [3.05, 3.63) is 59.3 Å². The minimum Gasteiger partial charge on any atom is -0.388 e. The molecule has 0 aliphatic rings. The number of thioether (sulfide) groups is 1. The first-order valence-corrected chi connectivity index (χ1v) is 6.70. The van der Waals surface area contributed by atoms with E-state index in [1.807, 2.05) is 6.07 Å². The van der Waals surface area contributed by atoms with Crippen molar-refractivity contribution in [2.45, 2.75) is 11.1 Å². The van der Waals surface area contributed by atoms with Crippen LogP contribution >= 0.6 is 11.8 Å². The normalized spacial score (nSPS) is 11.9. The largest absolute Gasteiger partial charge is 0.388 e. The van der Waals surface area contributed by atoms with Gasteiger partial charge in [-0.2, -0.15) is 5.26 Å². The second-order valence-electron chi connectivity index (χ2n) is 3.99. The number of nitrogens with zero attached hydrogens (tertiary/aromatic N) is 2. The lowest BCUT2D eigenvalue weighted by atomic mass is 10.1. The number of hydrogen-bond acceptors (Lipinski definition) is 4. The Balaban J connectivity index is 2.02. The molecule has 102 valence electrons. The average molecular weight is 292 g/mol. The van der Waals surface area contributed by atoms with Gasteiger partial charge in [0, 0.05) is 11.9 Å². The van der Waals surface area contributed by atoms with Crippen molar-refractivity contribution in [3.8, 4) is 6.07 Å². The molecule has 1 atom stereocenters. The van der Waals surface area contributed by atoms with Crippen molar-refractivity contribution in [2.24, 2.45) is 0 Å². The third-order valence-electron chi connectivity index (χ3n) is 2.58. The molecule has 0 aliphatic carbocycles. The van der Waals surface area contributed by atoms with Crippen LogP contribution in [0.15, 0.2) is 41.6 Å². The molecule has 0 aliphatic heterocycles. The molecule has 0 saturated carbocycles. The van der Waals surface area contributed by atoms with Crippen molar-refractivity contribution in [3.63, 3.8) is 0 Å². The number of pyridine rings is 1. The Bertz CT molecular complexity index is 658. The summed E-state index contributed by atoms with van der Waals surface area (Å²) in [5.74, 6) is -1.71. The first-order chi connectivity index (χ1) is 9.60. The Hall–Kier alpha value is -1.97. The van der Waals surface area contributed by atoms with Crippen LogP contribution in [0, 0.1) is 23.0 Å². The third-order valence-corrected chi connectivity index (χ3v) is 3.58. The quantitative estimate of drug-likeness (QED) is 0.880. The molecule has 0 bridgehead atoms. The number of aromatic nitrogens is 1. The molecule has 1 aromatic carbocycles. The molecule has 2 aromatic rings. The number of hydrogen-bond donors (Lipinski definition) is 1. The van der Waals surface area contributed by atoms with Gasteiger partial charge in [0.2, 0.25) is 0 Å². The van der Waals surface area contributed by atoms with Crippen LogP contribution in [0.3, 0.4) is 0 Å². The number of nitriles is 1. The zero-order valence-electron chi connectivity index (χ0n) is 10.3. The van der Waals surface area contributed by atoms with Gasteiger partial charge in [0.25, 0.3) is 0 Å². The smallest absolute Gasteiger partial charge is 0.159 e. The molecule has 1 aromatic heterocycles. The molecule has 0 fully saturated rings. The Kier molecular flexibility index (Phi) is 4.66. The zero-order chi connectivity index (χ0) is 14.5. The van der Waals surface area contributed by atoms with E-state index in [0.717, 1.165) is 12.1 Å². The van der Waals surface area contributed by atoms with Crippen LogP contribution in [-0.4, -0.2) is 15.8 Å². The first kappa shape index (κ1) is 14.4. The highest BCUT2D eigenvalue weighted by Gasteiger charge is 2.12. The standard InChI is InChI=1S/C14H10F2N2OS/c15-11-2-1-10(6-12(11)16)13(19)8-20-14-5-9(7-17)3-4-18-14/h1-6,13,19H,8H2. The van der Waals surface area contributed by atoms with Gasteiger partial charge < -0.3 is 5.11 Å². The Morgan fingerprint density at radius 2 is 2.05 bits per heavy atom. The van der Waals surface area contributed by atoms with E-state index in [0.29, 0.717) is 16.2 Å². The van der Waals surface area contributed by atoms with Crippen LogP contribution in [0.4, 0.5) is 8.78 Å². The van der Waals surface area contributed by atoms with Gasteiger partial charge >= 0.3 is 0 Å². The summed E-state index contributed by atoms with van der Waals surface area (Å²) in [7, 11) is 0. The topological polar surface area (TPSA) is 56.9 Å². The van der Waals surface area contributed by atoms with Gasteiger partial charge in [0.15, 0.2) is 11.6 Å². The number of aliphatic hydroxyl groups is 1. The number of rotatable bonds is 4. The molecule has 1 heterocycles. The summed E-state index contributed by atoms with van der Waals surface area (Å²) in [5, 5.41) is 19.3. The highest BCUT2D eigenvalue weighted by Crippen LogP contribution is 2.24. The van der Waals surface area contributed by atoms with Gasteiger partial charge in [0.05, 0.1) is 22.8 Å². The highest BCUT2D eigenvalue weighted by molar-refractivity contribution is 7.99. The van der Waals surface area contributed by atoms with Gasteiger partial charge in [-0.3, -0.25) is 0 Å². The van der Waals surface area contributed by atoms with Crippen LogP contribution in [-0.2, 0) is 0 Å². The monoisotopic (exact) mass is 292 g/mol. The van der Waals surface area contributed by atoms with Gasteiger partial charge in [0.1, 0.15) is 0 Å². The van der Waals surface area contributed by atoms with Crippen LogP contribution in [0.5, 0.6) is 0 Å². The predicted molar refractivity (Wildman–Crippen MR) is 71.0 cm³/mol. The second-order valence-corrected chi connectivity index (χ2v) is 5.04. The molecule has 20 heavy (non-hydrogen) atoms. The summed E-state index contributed by atoms with van der Waals surface area (Å²) in [6, 6.07) is 8.46. The van der Waals surface area contributed by atoms with E-state index < -0.39 is 17.7 Å². The first-order valence-electron chi connectivity index (χ1n) is 5.72. The fourth-order valence-electron chi connectivity index (χ4n) is 1.54. The summed E-state index contributed by atoms with van der Waals surface area (Å²) >= 11 is 1.23. The number of benzene rings is 1. The average Bonchev–Trinajstić information content (AvgIpc) is 2.47. The van der Waals surface area contributed by atoms with Crippen LogP contribution in [0.25, 0.3) is 0 Å². The zero-order valence-corrected chi connectivity index (χ0v) is 11.1. The number of aliphatic hydroxyl groups excluding tert-OH is 1. The van der Waals surface area contributed by atoms with E-state index >= 15 is 0 Å². The van der Waals surface area contributed by atoms with Crippen molar-refractivity contribution < 1.29 is 13.9 Å². The fourth-order valence-corrected chi connectivity index (χ4v) is 2.40. The van der Waals surface area contributed by atoms with E-state index in [1.165, 1.54) is 24.0 Å². The van der Waals surface area contributed by atoms with E-state index in [2.05, 4.69) is 4.98 Å². The van der Waals surface area contributed by atoms with Crippen LogP contribution < -0.4 is 0 Å². The molecule has 6 heteroatoms. The SMILES string of the molecule is N#Cc1ccnc(SCC(O)c2ccc(F)c(F)c2)c1. The van der Waals surface area contributed by atoms with E-state index in [4.69, 9.17) is 5.26 Å². The summed E-state index contributed by atoms with van der Waals surface area (Å²) in [5.41, 5.74) is 0.776. The van der Waals surface area contributed by atoms with Crippen molar-refractivity contribution >= 4 is 11.8 Å². The Labute approximate surface area is 118 Å². The van der Waals surface area contributed by atoms with Gasteiger partial charge in [-0.05, 0) is 29.8 Å². The molecule has 0 amide bonds. The lowest BCUT2D eigenvalue weighted by Crippen LogP contribution is -2.02. The maximum atomic E-state index is 13.1. The number of halogens is 2. The maximum absolute atomic E-state index is 13.1. The second kappa shape index (κ2) is 6.46. The minimum atomic E-state index is -0.990. The molecular weight excluding hydrogens is 282 g/mol. The van der Waals surface area contributed by atoms with Gasteiger partial charge in [-0.1, -0.05) is 6.07 Å².